The summed E-state index contributed by atoms with van der Waals surface area (Å²) in [6.45, 7) is 4.58. The third-order valence-corrected chi connectivity index (χ3v) is 4.76. The Morgan fingerprint density at radius 3 is 2.68 bits per heavy atom. The summed E-state index contributed by atoms with van der Waals surface area (Å²) in [7, 11) is 0. The van der Waals surface area contributed by atoms with Crippen LogP contribution < -0.4 is 11.1 Å². The van der Waals surface area contributed by atoms with E-state index in [2.05, 4.69) is 28.2 Å². The maximum atomic E-state index is 12.1. The molecule has 19 heavy (non-hydrogen) atoms. The Bertz CT molecular complexity index is 386. The molecule has 3 nitrogen and oxygen atoms in total. The zero-order valence-corrected chi connectivity index (χ0v) is 14.5. The standard InChI is InChI=1S/C13H21BrN2OS.ClH/c1-3-4-5-10(8-15)16-13(17)9(2)11-6-7-12(14)18-11;/h6-7,9-10H,3-5,8,15H2,1-2H3,(H,16,17);1H. The molecule has 2 unspecified atom stereocenters. The second kappa shape index (κ2) is 9.75. The largest absolute Gasteiger partial charge is 0.352 e. The van der Waals surface area contributed by atoms with Gasteiger partial charge in [0.1, 0.15) is 0 Å². The number of carbonyl (C=O) groups is 1. The van der Waals surface area contributed by atoms with Crippen LogP contribution in [0.2, 0.25) is 0 Å². The van der Waals surface area contributed by atoms with E-state index in [9.17, 15) is 4.79 Å². The minimum Gasteiger partial charge on any atom is -0.352 e. The Morgan fingerprint density at radius 2 is 2.21 bits per heavy atom. The van der Waals surface area contributed by atoms with Gasteiger partial charge in [-0.1, -0.05) is 19.8 Å². The lowest BCUT2D eigenvalue weighted by atomic mass is 10.1. The molecule has 1 aromatic rings. The van der Waals surface area contributed by atoms with Crippen molar-refractivity contribution in [2.24, 2.45) is 5.73 Å². The molecule has 0 aliphatic heterocycles. The van der Waals surface area contributed by atoms with Crippen LogP contribution in [0.3, 0.4) is 0 Å². The van der Waals surface area contributed by atoms with E-state index in [1.807, 2.05) is 19.1 Å². The molecule has 1 aromatic heterocycles. The molecule has 1 heterocycles. The van der Waals surface area contributed by atoms with E-state index in [1.54, 1.807) is 11.3 Å². The predicted octanol–water partition coefficient (Wildman–Crippen LogP) is 3.67. The Balaban J connectivity index is 0.00000324. The van der Waals surface area contributed by atoms with E-state index in [0.29, 0.717) is 6.54 Å². The van der Waals surface area contributed by atoms with Crippen LogP contribution in [-0.2, 0) is 4.79 Å². The van der Waals surface area contributed by atoms with Crippen molar-refractivity contribution in [1.29, 1.82) is 0 Å². The number of hydrogen-bond donors (Lipinski definition) is 2. The highest BCUT2D eigenvalue weighted by molar-refractivity contribution is 9.11. The Morgan fingerprint density at radius 1 is 1.53 bits per heavy atom. The van der Waals surface area contributed by atoms with Crippen molar-refractivity contribution in [2.75, 3.05) is 6.54 Å². The third-order valence-electron chi connectivity index (χ3n) is 2.95. The highest BCUT2D eigenvalue weighted by atomic mass is 79.9. The average molecular weight is 370 g/mol. The van der Waals surface area contributed by atoms with Crippen LogP contribution in [0.25, 0.3) is 0 Å². The number of nitrogens with two attached hydrogens (primary N) is 1. The lowest BCUT2D eigenvalue weighted by Crippen LogP contribution is -2.41. The molecule has 110 valence electrons. The smallest absolute Gasteiger partial charge is 0.228 e. The fraction of sp³-hybridized carbons (Fsp3) is 0.615. The number of carbonyl (C=O) groups excluding carboxylic acids is 1. The van der Waals surface area contributed by atoms with E-state index >= 15 is 0 Å². The van der Waals surface area contributed by atoms with Gasteiger partial charge in [0.2, 0.25) is 5.91 Å². The van der Waals surface area contributed by atoms with Crippen molar-refractivity contribution in [3.05, 3.63) is 20.8 Å². The maximum absolute atomic E-state index is 12.1. The van der Waals surface area contributed by atoms with Gasteiger partial charge in [-0.25, -0.2) is 0 Å². The van der Waals surface area contributed by atoms with Crippen molar-refractivity contribution in [3.8, 4) is 0 Å². The molecule has 1 rings (SSSR count). The average Bonchev–Trinajstić information content (AvgIpc) is 2.79. The second-order valence-corrected chi connectivity index (χ2v) is 6.94. The Kier molecular flexibility index (Phi) is 9.70. The van der Waals surface area contributed by atoms with Gasteiger partial charge in [-0.3, -0.25) is 4.79 Å². The molecule has 0 aromatic carbocycles. The lowest BCUT2D eigenvalue weighted by molar-refractivity contribution is -0.122. The SMILES string of the molecule is CCCCC(CN)NC(=O)C(C)c1ccc(Br)s1.Cl. The molecule has 0 saturated carbocycles. The zero-order chi connectivity index (χ0) is 13.5. The summed E-state index contributed by atoms with van der Waals surface area (Å²) in [6.07, 6.45) is 3.18. The third kappa shape index (κ3) is 6.25. The van der Waals surface area contributed by atoms with E-state index in [0.717, 1.165) is 27.9 Å². The number of thiophene rings is 1. The first-order chi connectivity index (χ1) is 8.58. The highest BCUT2D eigenvalue weighted by Crippen LogP contribution is 2.28. The summed E-state index contributed by atoms with van der Waals surface area (Å²) in [5.74, 6) is -0.0483. The second-order valence-electron chi connectivity index (χ2n) is 4.45. The number of rotatable bonds is 7. The Labute approximate surface area is 133 Å². The number of amides is 1. The molecule has 3 N–H and O–H groups in total. The summed E-state index contributed by atoms with van der Waals surface area (Å²) in [6, 6.07) is 4.06. The fourth-order valence-corrected chi connectivity index (χ4v) is 3.19. The normalized spacial score (nSPS) is 13.5. The number of unbranched alkanes of at least 4 members (excludes halogenated alkanes) is 1. The Hall–Kier alpha value is -0.100. The molecule has 0 fully saturated rings. The minimum atomic E-state index is -0.114. The first kappa shape index (κ1) is 18.9. The summed E-state index contributed by atoms with van der Waals surface area (Å²) < 4.78 is 1.05. The monoisotopic (exact) mass is 368 g/mol. The summed E-state index contributed by atoms with van der Waals surface area (Å²) in [5, 5.41) is 3.04. The van der Waals surface area contributed by atoms with E-state index in [1.165, 1.54) is 0 Å². The summed E-state index contributed by atoms with van der Waals surface area (Å²) in [4.78, 5) is 13.2. The van der Waals surface area contributed by atoms with Crippen LogP contribution in [0.5, 0.6) is 0 Å². The molecule has 6 heteroatoms. The molecule has 0 radical (unpaired) electrons. The van der Waals surface area contributed by atoms with Crippen LogP contribution >= 0.6 is 39.7 Å². The number of nitrogens with one attached hydrogen (secondary N) is 1. The first-order valence-electron chi connectivity index (χ1n) is 6.34. The highest BCUT2D eigenvalue weighted by Gasteiger charge is 2.19. The fourth-order valence-electron chi connectivity index (χ4n) is 1.72. The molecule has 2 atom stereocenters. The first-order valence-corrected chi connectivity index (χ1v) is 7.95. The van der Waals surface area contributed by atoms with Crippen molar-refractivity contribution in [1.82, 2.24) is 5.32 Å². The zero-order valence-electron chi connectivity index (χ0n) is 11.3. The van der Waals surface area contributed by atoms with Crippen LogP contribution in [0.1, 0.15) is 43.9 Å². The van der Waals surface area contributed by atoms with Gasteiger partial charge >= 0.3 is 0 Å². The van der Waals surface area contributed by atoms with Gasteiger partial charge in [0.05, 0.1) is 9.70 Å². The van der Waals surface area contributed by atoms with Crippen LogP contribution in [0, 0.1) is 0 Å². The van der Waals surface area contributed by atoms with Gasteiger partial charge in [-0.05, 0) is 41.4 Å². The molecule has 0 spiro atoms. The van der Waals surface area contributed by atoms with E-state index in [4.69, 9.17) is 5.73 Å². The van der Waals surface area contributed by atoms with Gasteiger partial charge < -0.3 is 11.1 Å². The molecule has 0 bridgehead atoms. The van der Waals surface area contributed by atoms with Crippen molar-refractivity contribution >= 4 is 45.6 Å². The molecule has 0 aliphatic rings. The van der Waals surface area contributed by atoms with Crippen molar-refractivity contribution in [3.63, 3.8) is 0 Å². The van der Waals surface area contributed by atoms with Crippen molar-refractivity contribution in [2.45, 2.75) is 45.1 Å². The predicted molar refractivity (Wildman–Crippen MR) is 88.2 cm³/mol. The maximum Gasteiger partial charge on any atom is 0.228 e. The van der Waals surface area contributed by atoms with Crippen LogP contribution in [0.15, 0.2) is 15.9 Å². The lowest BCUT2D eigenvalue weighted by Gasteiger charge is -2.19. The van der Waals surface area contributed by atoms with Gasteiger partial charge in [0.15, 0.2) is 0 Å². The van der Waals surface area contributed by atoms with Crippen LogP contribution in [0.4, 0.5) is 0 Å². The molecular formula is C13H22BrClN2OS. The molecule has 0 aliphatic carbocycles. The molecule has 1 amide bonds. The number of halogens is 2. The molecular weight excluding hydrogens is 348 g/mol. The summed E-state index contributed by atoms with van der Waals surface area (Å²) in [5.41, 5.74) is 5.69. The quantitative estimate of drug-likeness (QED) is 0.770. The minimum absolute atomic E-state index is 0. The molecule has 0 saturated heterocycles. The van der Waals surface area contributed by atoms with Gasteiger partial charge in [0, 0.05) is 17.5 Å². The van der Waals surface area contributed by atoms with Gasteiger partial charge in [-0.15, -0.1) is 23.7 Å². The summed E-state index contributed by atoms with van der Waals surface area (Å²) >= 11 is 5.02. The van der Waals surface area contributed by atoms with Gasteiger partial charge in [-0.2, -0.15) is 0 Å². The van der Waals surface area contributed by atoms with Gasteiger partial charge in [0.25, 0.3) is 0 Å². The topological polar surface area (TPSA) is 55.1 Å². The van der Waals surface area contributed by atoms with E-state index < -0.39 is 0 Å². The van der Waals surface area contributed by atoms with E-state index in [-0.39, 0.29) is 30.3 Å². The van der Waals surface area contributed by atoms with Crippen molar-refractivity contribution < 1.29 is 4.79 Å². The number of hydrogen-bond acceptors (Lipinski definition) is 3. The van der Waals surface area contributed by atoms with Crippen LogP contribution in [-0.4, -0.2) is 18.5 Å².